The van der Waals surface area contributed by atoms with Gasteiger partial charge in [0, 0.05) is 30.5 Å². The van der Waals surface area contributed by atoms with E-state index in [4.69, 9.17) is 23.8 Å². The van der Waals surface area contributed by atoms with Gasteiger partial charge in [0.05, 0.1) is 5.69 Å². The molecule has 0 aliphatic carbocycles. The van der Waals surface area contributed by atoms with E-state index in [-0.39, 0.29) is 16.6 Å². The van der Waals surface area contributed by atoms with Crippen molar-refractivity contribution in [3.63, 3.8) is 0 Å². The van der Waals surface area contributed by atoms with E-state index >= 15 is 0 Å². The lowest BCUT2D eigenvalue weighted by Crippen LogP contribution is -2.56. The number of hydrogen-bond acceptors (Lipinski definition) is 3. The summed E-state index contributed by atoms with van der Waals surface area (Å²) in [6.07, 6.45) is 3.45. The summed E-state index contributed by atoms with van der Waals surface area (Å²) in [5.41, 5.74) is 1.41. The summed E-state index contributed by atoms with van der Waals surface area (Å²) in [7, 11) is 1.85. The fourth-order valence-electron chi connectivity index (χ4n) is 2.64. The molecule has 2 heterocycles. The highest BCUT2D eigenvalue weighted by Crippen LogP contribution is 2.27. The second kappa shape index (κ2) is 6.82. The first kappa shape index (κ1) is 17.4. The van der Waals surface area contributed by atoms with Gasteiger partial charge in [0.2, 0.25) is 0 Å². The van der Waals surface area contributed by atoms with Gasteiger partial charge in [-0.3, -0.25) is 19.4 Å². The molecule has 2 amide bonds. The fraction of sp³-hybridized carbons (Fsp3) is 0.167. The van der Waals surface area contributed by atoms with Crippen molar-refractivity contribution in [2.45, 2.75) is 6.92 Å². The molecule has 3 rings (SSSR count). The second-order valence-corrected chi connectivity index (χ2v) is 6.35. The SMILES string of the molecule is CCN1C(=O)/C(=C\c2cccn2C)C(=O)N(c2ccc(Cl)cc2)C1=S. The fourth-order valence-corrected chi connectivity index (χ4v) is 3.17. The molecule has 2 aromatic rings. The molecule has 0 N–H and O–H groups in total. The number of anilines is 1. The van der Waals surface area contributed by atoms with Gasteiger partial charge in [0.15, 0.2) is 5.11 Å². The molecular weight excluding hydrogens is 358 g/mol. The first-order valence-electron chi connectivity index (χ1n) is 7.73. The maximum absolute atomic E-state index is 13.0. The lowest BCUT2D eigenvalue weighted by atomic mass is 10.1. The van der Waals surface area contributed by atoms with Crippen LogP contribution in [0.5, 0.6) is 0 Å². The predicted molar refractivity (Wildman–Crippen MR) is 102 cm³/mol. The number of nitrogens with zero attached hydrogens (tertiary/aromatic N) is 3. The highest BCUT2D eigenvalue weighted by molar-refractivity contribution is 7.80. The van der Waals surface area contributed by atoms with Gasteiger partial charge in [0.1, 0.15) is 5.57 Å². The molecule has 1 saturated heterocycles. The number of rotatable bonds is 3. The van der Waals surface area contributed by atoms with Crippen molar-refractivity contribution in [2.24, 2.45) is 7.05 Å². The molecule has 1 aliphatic heterocycles. The Morgan fingerprint density at radius 1 is 1.12 bits per heavy atom. The Balaban J connectivity index is 2.10. The minimum Gasteiger partial charge on any atom is -0.351 e. The van der Waals surface area contributed by atoms with Gasteiger partial charge < -0.3 is 4.57 Å². The van der Waals surface area contributed by atoms with Crippen LogP contribution >= 0.6 is 23.8 Å². The average molecular weight is 374 g/mol. The molecule has 128 valence electrons. The van der Waals surface area contributed by atoms with Crippen LogP contribution in [0.4, 0.5) is 5.69 Å². The topological polar surface area (TPSA) is 45.6 Å². The van der Waals surface area contributed by atoms with E-state index in [1.807, 2.05) is 36.9 Å². The molecule has 1 aliphatic rings. The average Bonchev–Trinajstić information content (AvgIpc) is 2.99. The third-order valence-corrected chi connectivity index (χ3v) is 4.66. The van der Waals surface area contributed by atoms with Crippen molar-refractivity contribution >= 4 is 52.5 Å². The third-order valence-electron chi connectivity index (χ3n) is 4.01. The van der Waals surface area contributed by atoms with E-state index in [0.29, 0.717) is 17.3 Å². The molecule has 1 fully saturated rings. The summed E-state index contributed by atoms with van der Waals surface area (Å²) < 4.78 is 1.84. The second-order valence-electron chi connectivity index (χ2n) is 5.55. The van der Waals surface area contributed by atoms with Crippen LogP contribution in [0.15, 0.2) is 48.2 Å². The Kier molecular flexibility index (Phi) is 4.74. The monoisotopic (exact) mass is 373 g/mol. The van der Waals surface area contributed by atoms with E-state index in [9.17, 15) is 9.59 Å². The summed E-state index contributed by atoms with van der Waals surface area (Å²) in [6, 6.07) is 10.5. The minimum absolute atomic E-state index is 0.0761. The van der Waals surface area contributed by atoms with E-state index in [1.54, 1.807) is 30.3 Å². The van der Waals surface area contributed by atoms with Crippen LogP contribution in [0.1, 0.15) is 12.6 Å². The molecule has 0 spiro atoms. The molecule has 0 radical (unpaired) electrons. The Morgan fingerprint density at radius 2 is 1.80 bits per heavy atom. The van der Waals surface area contributed by atoms with Crippen LogP contribution in [-0.2, 0) is 16.6 Å². The van der Waals surface area contributed by atoms with E-state index in [2.05, 4.69) is 0 Å². The van der Waals surface area contributed by atoms with Crippen LogP contribution in [0, 0.1) is 0 Å². The van der Waals surface area contributed by atoms with Crippen LogP contribution in [0.3, 0.4) is 0 Å². The van der Waals surface area contributed by atoms with Gasteiger partial charge in [-0.15, -0.1) is 0 Å². The summed E-state index contributed by atoms with van der Waals surface area (Å²) >= 11 is 11.3. The van der Waals surface area contributed by atoms with Crippen LogP contribution in [-0.4, -0.2) is 32.9 Å². The Labute approximate surface area is 156 Å². The summed E-state index contributed by atoms with van der Waals surface area (Å²) in [5.74, 6) is -0.827. The van der Waals surface area contributed by atoms with Crippen molar-refractivity contribution in [3.05, 3.63) is 58.9 Å². The van der Waals surface area contributed by atoms with Gasteiger partial charge in [-0.25, -0.2) is 0 Å². The number of carbonyl (C=O) groups excluding carboxylic acids is 2. The number of amides is 2. The number of benzene rings is 1. The molecular formula is C18H16ClN3O2S. The molecule has 0 unspecified atom stereocenters. The van der Waals surface area contributed by atoms with E-state index in [1.165, 1.54) is 9.80 Å². The molecule has 5 nitrogen and oxygen atoms in total. The van der Waals surface area contributed by atoms with Crippen molar-refractivity contribution in [2.75, 3.05) is 11.4 Å². The summed E-state index contributed by atoms with van der Waals surface area (Å²) in [5, 5.41) is 0.728. The predicted octanol–water partition coefficient (Wildman–Crippen LogP) is 3.24. The zero-order valence-electron chi connectivity index (χ0n) is 13.8. The number of aryl methyl sites for hydroxylation is 1. The Hall–Kier alpha value is -2.44. The van der Waals surface area contributed by atoms with Crippen molar-refractivity contribution in [1.29, 1.82) is 0 Å². The van der Waals surface area contributed by atoms with Crippen molar-refractivity contribution in [3.8, 4) is 0 Å². The number of halogens is 1. The smallest absolute Gasteiger partial charge is 0.270 e. The first-order chi connectivity index (χ1) is 11.9. The lowest BCUT2D eigenvalue weighted by Gasteiger charge is -2.36. The number of likely N-dealkylation sites (N-methyl/N-ethyl adjacent to an activating group) is 1. The molecule has 0 saturated carbocycles. The van der Waals surface area contributed by atoms with E-state index in [0.717, 1.165) is 5.69 Å². The number of carbonyl (C=O) groups is 2. The number of thiocarbonyl (C=S) groups is 1. The number of hydrogen-bond donors (Lipinski definition) is 0. The molecule has 0 atom stereocenters. The van der Waals surface area contributed by atoms with Gasteiger partial charge in [0.25, 0.3) is 11.8 Å². The minimum atomic E-state index is -0.441. The van der Waals surface area contributed by atoms with Gasteiger partial charge in [-0.1, -0.05) is 11.6 Å². The Bertz CT molecular complexity index is 886. The molecule has 25 heavy (non-hydrogen) atoms. The first-order valence-corrected chi connectivity index (χ1v) is 8.51. The lowest BCUT2D eigenvalue weighted by molar-refractivity contribution is -0.127. The highest BCUT2D eigenvalue weighted by Gasteiger charge is 2.39. The normalized spacial score (nSPS) is 16.9. The van der Waals surface area contributed by atoms with Crippen LogP contribution in [0.2, 0.25) is 5.02 Å². The molecule has 7 heteroatoms. The molecule has 1 aromatic heterocycles. The summed E-state index contributed by atoms with van der Waals surface area (Å²) in [4.78, 5) is 28.5. The van der Waals surface area contributed by atoms with Crippen molar-refractivity contribution < 1.29 is 9.59 Å². The quantitative estimate of drug-likeness (QED) is 0.471. The summed E-state index contributed by atoms with van der Waals surface area (Å²) in [6.45, 7) is 2.19. The van der Waals surface area contributed by atoms with Crippen molar-refractivity contribution in [1.82, 2.24) is 9.47 Å². The molecule has 0 bridgehead atoms. The maximum atomic E-state index is 13.0. The standard InChI is InChI=1S/C18H16ClN3O2S/c1-3-21-16(23)15(11-14-5-4-10-20(14)2)17(24)22(18(21)25)13-8-6-12(19)7-9-13/h4-11H,3H2,1-2H3/b15-11+. The molecule has 1 aromatic carbocycles. The van der Waals surface area contributed by atoms with Gasteiger partial charge >= 0.3 is 0 Å². The number of aromatic nitrogens is 1. The zero-order valence-corrected chi connectivity index (χ0v) is 15.3. The third kappa shape index (κ3) is 3.10. The Morgan fingerprint density at radius 3 is 2.36 bits per heavy atom. The highest BCUT2D eigenvalue weighted by atomic mass is 35.5. The largest absolute Gasteiger partial charge is 0.351 e. The van der Waals surface area contributed by atoms with Gasteiger partial charge in [-0.2, -0.15) is 0 Å². The van der Waals surface area contributed by atoms with Crippen LogP contribution < -0.4 is 4.90 Å². The van der Waals surface area contributed by atoms with E-state index < -0.39 is 5.91 Å². The maximum Gasteiger partial charge on any atom is 0.270 e. The van der Waals surface area contributed by atoms with Crippen LogP contribution in [0.25, 0.3) is 6.08 Å². The zero-order chi connectivity index (χ0) is 18.1. The van der Waals surface area contributed by atoms with Gasteiger partial charge in [-0.05, 0) is 61.6 Å².